The molecule has 4 aromatic carbocycles. The molecule has 0 unspecified atom stereocenters. The second-order valence-electron chi connectivity index (χ2n) is 9.10. The summed E-state index contributed by atoms with van der Waals surface area (Å²) >= 11 is 0. The molecule has 146 valence electrons. The first-order chi connectivity index (χ1) is 14.6. The third-order valence-corrected chi connectivity index (χ3v) is 7.57. The zero-order valence-corrected chi connectivity index (χ0v) is 17.9. The van der Waals surface area contributed by atoms with Crippen LogP contribution in [0, 0.1) is 20.8 Å². The van der Waals surface area contributed by atoms with Crippen LogP contribution in [0.2, 0.25) is 0 Å². The minimum Gasteiger partial charge on any atom is -0.0620 e. The Kier molecular flexibility index (Phi) is 3.65. The second-order valence-corrected chi connectivity index (χ2v) is 9.10. The van der Waals surface area contributed by atoms with Crippen LogP contribution in [-0.2, 0) is 11.8 Å². The van der Waals surface area contributed by atoms with E-state index in [1.54, 1.807) is 11.1 Å². The molecule has 0 atom stereocenters. The summed E-state index contributed by atoms with van der Waals surface area (Å²) in [5.74, 6) is 0.339. The Hall–Kier alpha value is -3.12. The van der Waals surface area contributed by atoms with Crippen LogP contribution >= 0.6 is 0 Å². The lowest BCUT2D eigenvalue weighted by Crippen LogP contribution is -2.45. The fraction of sp³-hybridized carbons (Fsp3) is 0.200. The van der Waals surface area contributed by atoms with Crippen molar-refractivity contribution in [1.29, 1.82) is 0 Å². The van der Waals surface area contributed by atoms with E-state index < -0.39 is 0 Å². The van der Waals surface area contributed by atoms with Crippen molar-refractivity contribution in [3.63, 3.8) is 0 Å². The minimum absolute atomic E-state index is 0.139. The van der Waals surface area contributed by atoms with Crippen molar-refractivity contribution in [2.45, 2.75) is 38.5 Å². The summed E-state index contributed by atoms with van der Waals surface area (Å²) in [6.07, 6.45) is 0.998. The third-order valence-electron chi connectivity index (χ3n) is 7.57. The average molecular weight is 387 g/mol. The maximum Gasteiger partial charge on any atom is 0.0503 e. The summed E-state index contributed by atoms with van der Waals surface area (Å²) in [6, 6.07) is 32.0. The lowest BCUT2D eigenvalue weighted by Gasteiger charge is -2.52. The topological polar surface area (TPSA) is 0 Å². The number of hydrogen-bond acceptors (Lipinski definition) is 0. The van der Waals surface area contributed by atoms with Gasteiger partial charge in [-0.15, -0.1) is 0 Å². The van der Waals surface area contributed by atoms with Crippen molar-refractivity contribution in [3.05, 3.63) is 141 Å². The van der Waals surface area contributed by atoms with Crippen molar-refractivity contribution in [2.75, 3.05) is 0 Å². The standard InChI is InChI=1S/C30H26/c1-19-10-4-5-11-22(19)18-30-25-14-8-6-12-23(25)28(24-13-7-9-15-26(24)30)27-20(2)16-17-21(3)29(27)30/h4-17,28H,18H2,1-3H3. The van der Waals surface area contributed by atoms with Gasteiger partial charge in [-0.25, -0.2) is 0 Å². The van der Waals surface area contributed by atoms with Gasteiger partial charge < -0.3 is 0 Å². The molecule has 2 bridgehead atoms. The van der Waals surface area contributed by atoms with Gasteiger partial charge in [0.25, 0.3) is 0 Å². The molecule has 0 amide bonds. The van der Waals surface area contributed by atoms with Gasteiger partial charge in [-0.1, -0.05) is 84.9 Å². The molecule has 0 saturated heterocycles. The van der Waals surface area contributed by atoms with Crippen LogP contribution in [0.1, 0.15) is 61.6 Å². The van der Waals surface area contributed by atoms with Crippen molar-refractivity contribution in [3.8, 4) is 0 Å². The molecule has 30 heavy (non-hydrogen) atoms. The molecule has 0 saturated carbocycles. The molecule has 0 heteroatoms. The smallest absolute Gasteiger partial charge is 0.0503 e. The fourth-order valence-electron chi connectivity index (χ4n) is 6.31. The van der Waals surface area contributed by atoms with Crippen LogP contribution in [0.25, 0.3) is 0 Å². The zero-order chi connectivity index (χ0) is 20.5. The highest BCUT2D eigenvalue weighted by Gasteiger charge is 2.52. The Morgan fingerprint density at radius 2 is 1.17 bits per heavy atom. The van der Waals surface area contributed by atoms with Crippen LogP contribution in [0.4, 0.5) is 0 Å². The molecule has 0 spiro atoms. The highest BCUT2D eigenvalue weighted by atomic mass is 14.5. The van der Waals surface area contributed by atoms with Crippen molar-refractivity contribution >= 4 is 0 Å². The van der Waals surface area contributed by atoms with E-state index in [0.29, 0.717) is 5.92 Å². The summed E-state index contributed by atoms with van der Waals surface area (Å²) in [6.45, 7) is 6.86. The van der Waals surface area contributed by atoms with E-state index in [1.165, 1.54) is 44.5 Å². The van der Waals surface area contributed by atoms with E-state index in [0.717, 1.165) is 6.42 Å². The molecule has 0 nitrogen and oxygen atoms in total. The SMILES string of the molecule is Cc1ccccc1CC12c3ccccc3C(c3ccccc31)c1c(C)ccc(C)c12. The predicted octanol–water partition coefficient (Wildman–Crippen LogP) is 7.00. The average Bonchev–Trinajstić information content (AvgIpc) is 2.78. The molecule has 0 N–H and O–H groups in total. The number of hydrogen-bond donors (Lipinski definition) is 0. The van der Waals surface area contributed by atoms with Gasteiger partial charge in [0.2, 0.25) is 0 Å². The Bertz CT molecular complexity index is 1260. The molecular weight excluding hydrogens is 360 g/mol. The van der Waals surface area contributed by atoms with Gasteiger partial charge in [-0.2, -0.15) is 0 Å². The molecule has 0 heterocycles. The van der Waals surface area contributed by atoms with E-state index in [2.05, 4.69) is 106 Å². The third kappa shape index (κ3) is 2.12. The first-order valence-electron chi connectivity index (χ1n) is 11.0. The van der Waals surface area contributed by atoms with Crippen LogP contribution in [0.3, 0.4) is 0 Å². The maximum atomic E-state index is 2.39. The van der Waals surface area contributed by atoms with Crippen molar-refractivity contribution in [1.82, 2.24) is 0 Å². The van der Waals surface area contributed by atoms with Gasteiger partial charge >= 0.3 is 0 Å². The van der Waals surface area contributed by atoms with E-state index in [4.69, 9.17) is 0 Å². The highest BCUT2D eigenvalue weighted by Crippen LogP contribution is 2.61. The summed E-state index contributed by atoms with van der Waals surface area (Å²) in [5.41, 5.74) is 14.6. The Morgan fingerprint density at radius 3 is 1.83 bits per heavy atom. The van der Waals surface area contributed by atoms with E-state index >= 15 is 0 Å². The lowest BCUT2D eigenvalue weighted by atomic mass is 9.50. The van der Waals surface area contributed by atoms with Crippen LogP contribution < -0.4 is 0 Å². The zero-order valence-electron chi connectivity index (χ0n) is 17.9. The molecule has 3 aliphatic carbocycles. The minimum atomic E-state index is -0.139. The predicted molar refractivity (Wildman–Crippen MR) is 125 cm³/mol. The molecule has 0 radical (unpaired) electrons. The number of benzene rings is 4. The van der Waals surface area contributed by atoms with E-state index in [9.17, 15) is 0 Å². The first kappa shape index (κ1) is 17.7. The van der Waals surface area contributed by atoms with Gasteiger partial charge in [0.05, 0.1) is 5.41 Å². The molecule has 3 aliphatic rings. The molecule has 0 fully saturated rings. The lowest BCUT2D eigenvalue weighted by molar-refractivity contribution is 0.534. The normalized spacial score (nSPS) is 20.4. The fourth-order valence-corrected chi connectivity index (χ4v) is 6.31. The van der Waals surface area contributed by atoms with E-state index in [-0.39, 0.29) is 5.41 Å². The van der Waals surface area contributed by atoms with Crippen LogP contribution in [-0.4, -0.2) is 0 Å². The Morgan fingerprint density at radius 1 is 0.600 bits per heavy atom. The number of rotatable bonds is 2. The summed E-state index contributed by atoms with van der Waals surface area (Å²) < 4.78 is 0. The maximum absolute atomic E-state index is 2.39. The number of aryl methyl sites for hydroxylation is 3. The van der Waals surface area contributed by atoms with Crippen molar-refractivity contribution < 1.29 is 0 Å². The van der Waals surface area contributed by atoms with E-state index in [1.807, 2.05) is 0 Å². The molecule has 0 aliphatic heterocycles. The van der Waals surface area contributed by atoms with Crippen LogP contribution in [0.5, 0.6) is 0 Å². The van der Waals surface area contributed by atoms with Crippen LogP contribution in [0.15, 0.2) is 84.9 Å². The summed E-state index contributed by atoms with van der Waals surface area (Å²) in [4.78, 5) is 0. The Labute approximate surface area is 179 Å². The van der Waals surface area contributed by atoms with Gasteiger partial charge in [0, 0.05) is 5.92 Å². The summed E-state index contributed by atoms with van der Waals surface area (Å²) in [5, 5.41) is 0. The largest absolute Gasteiger partial charge is 0.0620 e. The molecular formula is C30H26. The molecule has 0 aromatic heterocycles. The Balaban J connectivity index is 1.79. The van der Waals surface area contributed by atoms with Gasteiger partial charge in [0.1, 0.15) is 0 Å². The van der Waals surface area contributed by atoms with Gasteiger partial charge in [0.15, 0.2) is 0 Å². The van der Waals surface area contributed by atoms with Gasteiger partial charge in [-0.05, 0) is 82.8 Å². The first-order valence-corrected chi connectivity index (χ1v) is 11.0. The molecule has 4 aromatic rings. The molecule has 7 rings (SSSR count). The second kappa shape index (κ2) is 6.19. The highest BCUT2D eigenvalue weighted by molar-refractivity contribution is 5.74. The quantitative estimate of drug-likeness (QED) is 0.348. The summed E-state index contributed by atoms with van der Waals surface area (Å²) in [7, 11) is 0. The van der Waals surface area contributed by atoms with Crippen molar-refractivity contribution in [2.24, 2.45) is 0 Å². The monoisotopic (exact) mass is 386 g/mol. The van der Waals surface area contributed by atoms with Gasteiger partial charge in [-0.3, -0.25) is 0 Å².